The Kier molecular flexibility index (Phi) is 3.88. The van der Waals surface area contributed by atoms with Crippen LogP contribution in [0, 0.1) is 0 Å². The van der Waals surface area contributed by atoms with Crippen molar-refractivity contribution < 1.29 is 14.3 Å². The normalized spacial score (nSPS) is 16.3. The molecule has 0 saturated carbocycles. The van der Waals surface area contributed by atoms with Crippen LogP contribution in [0.2, 0.25) is 0 Å². The number of carbonyl (C=O) groups excluding carboxylic acids is 2. The van der Waals surface area contributed by atoms with Gasteiger partial charge in [-0.2, -0.15) is 0 Å². The van der Waals surface area contributed by atoms with E-state index in [2.05, 4.69) is 10.3 Å². The van der Waals surface area contributed by atoms with Crippen molar-refractivity contribution in [3.05, 3.63) is 54.2 Å². The summed E-state index contributed by atoms with van der Waals surface area (Å²) in [4.78, 5) is 29.2. The fourth-order valence-electron chi connectivity index (χ4n) is 3.25. The first kappa shape index (κ1) is 16.2. The molecule has 0 aliphatic carbocycles. The van der Waals surface area contributed by atoms with E-state index in [1.165, 1.54) is 0 Å². The molecule has 1 aromatic heterocycles. The average Bonchev–Trinajstić information content (AvgIpc) is 3.03. The summed E-state index contributed by atoms with van der Waals surface area (Å²) < 4.78 is 5.60. The van der Waals surface area contributed by atoms with Crippen molar-refractivity contribution in [1.29, 1.82) is 0 Å². The SMILES string of the molecule is CC1Oc2ccc(NC(=O)Cc3c[nH]c4ccccc34)cc2N(C)C1=O. The van der Waals surface area contributed by atoms with Crippen LogP contribution in [0.15, 0.2) is 48.7 Å². The smallest absolute Gasteiger partial charge is 0.267 e. The van der Waals surface area contributed by atoms with Crippen molar-refractivity contribution in [2.45, 2.75) is 19.4 Å². The Hall–Kier alpha value is -3.28. The topological polar surface area (TPSA) is 74.4 Å². The second kappa shape index (κ2) is 6.22. The minimum atomic E-state index is -0.505. The van der Waals surface area contributed by atoms with Gasteiger partial charge in [0.1, 0.15) is 5.75 Å². The molecule has 1 aliphatic heterocycles. The summed E-state index contributed by atoms with van der Waals surface area (Å²) >= 11 is 0. The molecule has 6 nitrogen and oxygen atoms in total. The van der Waals surface area contributed by atoms with Gasteiger partial charge in [-0.05, 0) is 36.8 Å². The molecule has 132 valence electrons. The Morgan fingerprint density at radius 1 is 1.27 bits per heavy atom. The molecule has 2 amide bonds. The number of ether oxygens (including phenoxy) is 1. The summed E-state index contributed by atoms with van der Waals surface area (Å²) in [5, 5.41) is 3.94. The van der Waals surface area contributed by atoms with E-state index in [1.54, 1.807) is 37.1 Å². The number of amides is 2. The third-order valence-electron chi connectivity index (χ3n) is 4.61. The number of aromatic amines is 1. The number of hydrogen-bond acceptors (Lipinski definition) is 3. The van der Waals surface area contributed by atoms with Crippen molar-refractivity contribution in [2.75, 3.05) is 17.3 Å². The van der Waals surface area contributed by atoms with E-state index in [9.17, 15) is 9.59 Å². The summed E-state index contributed by atoms with van der Waals surface area (Å²) in [7, 11) is 1.71. The number of nitrogens with zero attached hydrogens (tertiary/aromatic N) is 1. The molecule has 4 rings (SSSR count). The molecule has 0 saturated heterocycles. The highest BCUT2D eigenvalue weighted by molar-refractivity contribution is 6.01. The van der Waals surface area contributed by atoms with Gasteiger partial charge in [0.2, 0.25) is 5.91 Å². The molecule has 1 aliphatic rings. The molecule has 3 aromatic rings. The van der Waals surface area contributed by atoms with E-state index in [-0.39, 0.29) is 18.2 Å². The number of aromatic nitrogens is 1. The van der Waals surface area contributed by atoms with Crippen molar-refractivity contribution >= 4 is 34.1 Å². The second-order valence-electron chi connectivity index (χ2n) is 6.42. The minimum Gasteiger partial charge on any atom is -0.479 e. The standard InChI is InChI=1S/C20H19N3O3/c1-12-20(25)23(2)17-10-14(7-8-18(17)26-12)22-19(24)9-13-11-21-16-6-4-3-5-15(13)16/h3-8,10-12,21H,9H2,1-2H3,(H,22,24). The Morgan fingerprint density at radius 2 is 2.08 bits per heavy atom. The van der Waals surface area contributed by atoms with Gasteiger partial charge in [-0.3, -0.25) is 9.59 Å². The molecule has 1 unspecified atom stereocenters. The lowest BCUT2D eigenvalue weighted by Gasteiger charge is -2.30. The highest BCUT2D eigenvalue weighted by atomic mass is 16.5. The van der Waals surface area contributed by atoms with Crippen molar-refractivity contribution in [3.8, 4) is 5.75 Å². The van der Waals surface area contributed by atoms with E-state index in [0.717, 1.165) is 16.5 Å². The van der Waals surface area contributed by atoms with Gasteiger partial charge in [0.15, 0.2) is 6.10 Å². The van der Waals surface area contributed by atoms with Crippen molar-refractivity contribution in [2.24, 2.45) is 0 Å². The van der Waals surface area contributed by atoms with Crippen LogP contribution in [0.4, 0.5) is 11.4 Å². The predicted molar refractivity (Wildman–Crippen MR) is 101 cm³/mol. The third-order valence-corrected chi connectivity index (χ3v) is 4.61. The zero-order valence-electron chi connectivity index (χ0n) is 14.6. The fraction of sp³-hybridized carbons (Fsp3) is 0.200. The molecular weight excluding hydrogens is 330 g/mol. The van der Waals surface area contributed by atoms with Crippen LogP contribution in [0.5, 0.6) is 5.75 Å². The van der Waals surface area contributed by atoms with Gasteiger partial charge in [-0.15, -0.1) is 0 Å². The highest BCUT2D eigenvalue weighted by Gasteiger charge is 2.29. The molecule has 0 fully saturated rings. The molecular formula is C20H19N3O3. The van der Waals surface area contributed by atoms with Crippen LogP contribution in [0.3, 0.4) is 0 Å². The molecule has 0 bridgehead atoms. The Bertz CT molecular complexity index is 1010. The number of likely N-dealkylation sites (N-methyl/N-ethyl adjacent to an activating group) is 1. The highest BCUT2D eigenvalue weighted by Crippen LogP contribution is 2.35. The van der Waals surface area contributed by atoms with Gasteiger partial charge in [0, 0.05) is 29.8 Å². The largest absolute Gasteiger partial charge is 0.479 e. The summed E-state index contributed by atoms with van der Waals surface area (Å²) in [5.41, 5.74) is 3.24. The number of rotatable bonds is 3. The number of para-hydroxylation sites is 1. The van der Waals surface area contributed by atoms with E-state index >= 15 is 0 Å². The lowest BCUT2D eigenvalue weighted by atomic mass is 10.1. The number of fused-ring (bicyclic) bond motifs is 2. The molecule has 2 heterocycles. The van der Waals surface area contributed by atoms with Crippen LogP contribution >= 0.6 is 0 Å². The van der Waals surface area contributed by atoms with E-state index < -0.39 is 6.10 Å². The van der Waals surface area contributed by atoms with Crippen LogP contribution in [-0.4, -0.2) is 29.9 Å². The zero-order chi connectivity index (χ0) is 18.3. The first-order chi connectivity index (χ1) is 12.5. The quantitative estimate of drug-likeness (QED) is 0.763. The first-order valence-electron chi connectivity index (χ1n) is 8.46. The maximum Gasteiger partial charge on any atom is 0.267 e. The molecule has 0 radical (unpaired) electrons. The Balaban J connectivity index is 1.52. The number of H-pyrrole nitrogens is 1. The van der Waals surface area contributed by atoms with Gasteiger partial charge < -0.3 is 19.9 Å². The molecule has 1 atom stereocenters. The number of nitrogens with one attached hydrogen (secondary N) is 2. The van der Waals surface area contributed by atoms with Crippen LogP contribution in [0.25, 0.3) is 10.9 Å². The summed E-state index contributed by atoms with van der Waals surface area (Å²) in [5.74, 6) is 0.405. The maximum atomic E-state index is 12.5. The second-order valence-corrected chi connectivity index (χ2v) is 6.42. The average molecular weight is 349 g/mol. The Labute approximate surface area is 150 Å². The monoisotopic (exact) mass is 349 g/mol. The maximum absolute atomic E-state index is 12.5. The van der Waals surface area contributed by atoms with Crippen LogP contribution < -0.4 is 15.0 Å². The first-order valence-corrected chi connectivity index (χ1v) is 8.46. The minimum absolute atomic E-state index is 0.111. The zero-order valence-corrected chi connectivity index (χ0v) is 14.6. The summed E-state index contributed by atoms with van der Waals surface area (Å²) in [6, 6.07) is 13.2. The van der Waals surface area contributed by atoms with Gasteiger partial charge in [-0.1, -0.05) is 18.2 Å². The molecule has 2 aromatic carbocycles. The lowest BCUT2D eigenvalue weighted by Crippen LogP contribution is -2.42. The predicted octanol–water partition coefficient (Wildman–Crippen LogP) is 3.09. The molecule has 6 heteroatoms. The van der Waals surface area contributed by atoms with Crippen molar-refractivity contribution in [3.63, 3.8) is 0 Å². The molecule has 0 spiro atoms. The Morgan fingerprint density at radius 3 is 2.92 bits per heavy atom. The number of anilines is 2. The molecule has 2 N–H and O–H groups in total. The van der Waals surface area contributed by atoms with Crippen molar-refractivity contribution in [1.82, 2.24) is 4.98 Å². The van der Waals surface area contributed by atoms with Gasteiger partial charge in [0.05, 0.1) is 12.1 Å². The number of hydrogen-bond donors (Lipinski definition) is 2. The fourth-order valence-corrected chi connectivity index (χ4v) is 3.25. The van der Waals surface area contributed by atoms with E-state index in [0.29, 0.717) is 17.1 Å². The lowest BCUT2D eigenvalue weighted by molar-refractivity contribution is -0.125. The van der Waals surface area contributed by atoms with Gasteiger partial charge in [0.25, 0.3) is 5.91 Å². The summed E-state index contributed by atoms with van der Waals surface area (Å²) in [6.07, 6.45) is 1.62. The van der Waals surface area contributed by atoms with Gasteiger partial charge >= 0.3 is 0 Å². The van der Waals surface area contributed by atoms with E-state index in [1.807, 2.05) is 30.5 Å². The summed E-state index contributed by atoms with van der Waals surface area (Å²) in [6.45, 7) is 1.72. The number of carbonyl (C=O) groups is 2. The third kappa shape index (κ3) is 2.79. The van der Waals surface area contributed by atoms with Crippen LogP contribution in [-0.2, 0) is 16.0 Å². The van der Waals surface area contributed by atoms with E-state index in [4.69, 9.17) is 4.74 Å². The molecule has 26 heavy (non-hydrogen) atoms. The van der Waals surface area contributed by atoms with Crippen LogP contribution in [0.1, 0.15) is 12.5 Å². The number of benzene rings is 2. The van der Waals surface area contributed by atoms with Gasteiger partial charge in [-0.25, -0.2) is 0 Å².